The standard InChI is InChI=1S/C10H18N4O3/c1-6(2)5-8(13-14-11)9(15)12-7(3)10(16)17-4/h6-8H,5H2,1-4H3,(H,12,15)/t7-,8-/m0/s1. The molecule has 0 rings (SSSR count). The number of carbonyl (C=O) groups excluding carboxylic acids is 2. The second-order valence-corrected chi connectivity index (χ2v) is 4.10. The van der Waals surface area contributed by atoms with Crippen LogP contribution in [0.25, 0.3) is 10.4 Å². The van der Waals surface area contributed by atoms with E-state index in [4.69, 9.17) is 5.53 Å². The maximum Gasteiger partial charge on any atom is 0.328 e. The molecule has 17 heavy (non-hydrogen) atoms. The quantitative estimate of drug-likeness (QED) is 0.329. The van der Waals surface area contributed by atoms with Gasteiger partial charge < -0.3 is 10.1 Å². The van der Waals surface area contributed by atoms with Crippen molar-refractivity contribution >= 4 is 11.9 Å². The van der Waals surface area contributed by atoms with E-state index in [0.29, 0.717) is 6.42 Å². The van der Waals surface area contributed by atoms with Crippen LogP contribution in [0.1, 0.15) is 27.2 Å². The van der Waals surface area contributed by atoms with Crippen LogP contribution in [0.2, 0.25) is 0 Å². The summed E-state index contributed by atoms with van der Waals surface area (Å²) >= 11 is 0. The van der Waals surface area contributed by atoms with Crippen molar-refractivity contribution in [3.63, 3.8) is 0 Å². The lowest BCUT2D eigenvalue weighted by atomic mass is 10.0. The molecule has 2 atom stereocenters. The second kappa shape index (κ2) is 7.51. The fourth-order valence-corrected chi connectivity index (χ4v) is 1.26. The van der Waals surface area contributed by atoms with Crippen molar-refractivity contribution in [3.05, 3.63) is 10.4 Å². The first kappa shape index (κ1) is 15.2. The largest absolute Gasteiger partial charge is 0.467 e. The zero-order valence-electron chi connectivity index (χ0n) is 10.5. The summed E-state index contributed by atoms with van der Waals surface area (Å²) in [5, 5.41) is 5.86. The molecule has 0 bridgehead atoms. The van der Waals surface area contributed by atoms with Gasteiger partial charge in [-0.2, -0.15) is 0 Å². The summed E-state index contributed by atoms with van der Waals surface area (Å²) in [4.78, 5) is 25.5. The molecular weight excluding hydrogens is 224 g/mol. The molecule has 0 aromatic rings. The number of azide groups is 1. The van der Waals surface area contributed by atoms with Gasteiger partial charge in [-0.15, -0.1) is 0 Å². The van der Waals surface area contributed by atoms with Crippen LogP contribution in [0.4, 0.5) is 0 Å². The van der Waals surface area contributed by atoms with E-state index in [0.717, 1.165) is 0 Å². The first-order chi connectivity index (χ1) is 7.92. The van der Waals surface area contributed by atoms with Crippen LogP contribution in [0.15, 0.2) is 5.11 Å². The number of rotatable bonds is 6. The van der Waals surface area contributed by atoms with Gasteiger partial charge in [0.05, 0.1) is 7.11 Å². The molecule has 0 aromatic heterocycles. The topological polar surface area (TPSA) is 104 Å². The van der Waals surface area contributed by atoms with E-state index in [-0.39, 0.29) is 5.92 Å². The Morgan fingerprint density at radius 1 is 1.41 bits per heavy atom. The van der Waals surface area contributed by atoms with E-state index in [1.165, 1.54) is 14.0 Å². The summed E-state index contributed by atoms with van der Waals surface area (Å²) in [6.45, 7) is 5.33. The van der Waals surface area contributed by atoms with Crippen molar-refractivity contribution < 1.29 is 14.3 Å². The van der Waals surface area contributed by atoms with Crippen molar-refractivity contribution in [1.29, 1.82) is 0 Å². The Hall–Kier alpha value is -1.75. The van der Waals surface area contributed by atoms with Crippen molar-refractivity contribution in [1.82, 2.24) is 5.32 Å². The fraction of sp³-hybridized carbons (Fsp3) is 0.800. The lowest BCUT2D eigenvalue weighted by molar-refractivity contribution is -0.144. The molecule has 0 saturated carbocycles. The molecule has 96 valence electrons. The van der Waals surface area contributed by atoms with Gasteiger partial charge in [-0.1, -0.05) is 19.0 Å². The molecule has 0 radical (unpaired) electrons. The van der Waals surface area contributed by atoms with E-state index in [9.17, 15) is 9.59 Å². The Bertz CT molecular complexity index is 324. The number of carbonyl (C=O) groups is 2. The molecule has 0 unspecified atom stereocenters. The molecule has 0 spiro atoms. The molecule has 0 heterocycles. The van der Waals surface area contributed by atoms with Crippen molar-refractivity contribution in [2.75, 3.05) is 7.11 Å². The Morgan fingerprint density at radius 3 is 2.41 bits per heavy atom. The van der Waals surface area contributed by atoms with Crippen molar-refractivity contribution in [2.45, 2.75) is 39.3 Å². The van der Waals surface area contributed by atoms with E-state index in [1.807, 2.05) is 13.8 Å². The number of hydrogen-bond acceptors (Lipinski definition) is 4. The highest BCUT2D eigenvalue weighted by Crippen LogP contribution is 2.09. The van der Waals surface area contributed by atoms with Crippen LogP contribution in [0.3, 0.4) is 0 Å². The average Bonchev–Trinajstić information content (AvgIpc) is 2.26. The Labute approximate surface area is 100 Å². The van der Waals surface area contributed by atoms with Crippen LogP contribution < -0.4 is 5.32 Å². The van der Waals surface area contributed by atoms with Crippen LogP contribution in [0.5, 0.6) is 0 Å². The van der Waals surface area contributed by atoms with Crippen LogP contribution in [0, 0.1) is 5.92 Å². The number of nitrogens with zero attached hydrogens (tertiary/aromatic N) is 3. The normalized spacial score (nSPS) is 13.5. The first-order valence-electron chi connectivity index (χ1n) is 5.34. The van der Waals surface area contributed by atoms with Gasteiger partial charge in [-0.3, -0.25) is 4.79 Å². The molecule has 0 saturated heterocycles. The van der Waals surface area contributed by atoms with Crippen LogP contribution in [-0.2, 0) is 14.3 Å². The third-order valence-electron chi connectivity index (χ3n) is 2.10. The summed E-state index contributed by atoms with van der Waals surface area (Å²) in [6.07, 6.45) is 0.434. The van der Waals surface area contributed by atoms with Crippen molar-refractivity contribution in [2.24, 2.45) is 11.0 Å². The summed E-state index contributed by atoms with van der Waals surface area (Å²) in [6, 6.07) is -1.55. The molecule has 1 amide bonds. The molecule has 0 aliphatic carbocycles. The Balaban J connectivity index is 4.52. The number of amides is 1. The Morgan fingerprint density at radius 2 is 2.00 bits per heavy atom. The molecule has 1 N–H and O–H groups in total. The van der Waals surface area contributed by atoms with Gasteiger partial charge >= 0.3 is 5.97 Å². The third-order valence-corrected chi connectivity index (χ3v) is 2.10. The maximum absolute atomic E-state index is 11.7. The Kier molecular flexibility index (Phi) is 6.74. The van der Waals surface area contributed by atoms with Gasteiger partial charge in [0, 0.05) is 4.91 Å². The second-order valence-electron chi connectivity index (χ2n) is 4.10. The fourth-order valence-electron chi connectivity index (χ4n) is 1.26. The van der Waals surface area contributed by atoms with Gasteiger partial charge in [-0.25, -0.2) is 4.79 Å². The van der Waals surface area contributed by atoms with E-state index >= 15 is 0 Å². The first-order valence-corrected chi connectivity index (χ1v) is 5.34. The van der Waals surface area contributed by atoms with Gasteiger partial charge in [0.15, 0.2) is 0 Å². The van der Waals surface area contributed by atoms with Crippen molar-refractivity contribution in [3.8, 4) is 0 Å². The average molecular weight is 242 g/mol. The molecule has 0 aromatic carbocycles. The van der Waals surface area contributed by atoms with Gasteiger partial charge in [0.25, 0.3) is 0 Å². The van der Waals surface area contributed by atoms with Gasteiger partial charge in [0.1, 0.15) is 12.1 Å². The maximum atomic E-state index is 11.7. The summed E-state index contributed by atoms with van der Waals surface area (Å²) in [7, 11) is 1.24. The summed E-state index contributed by atoms with van der Waals surface area (Å²) in [5.74, 6) is -0.790. The number of hydrogen-bond donors (Lipinski definition) is 1. The molecule has 0 fully saturated rings. The highest BCUT2D eigenvalue weighted by Gasteiger charge is 2.22. The SMILES string of the molecule is COC(=O)[C@H](C)NC(=O)[C@H](CC(C)C)N=[N+]=[N-]. The smallest absolute Gasteiger partial charge is 0.328 e. The van der Waals surface area contributed by atoms with E-state index in [1.54, 1.807) is 0 Å². The minimum atomic E-state index is -0.799. The number of methoxy groups -OCH3 is 1. The van der Waals surface area contributed by atoms with E-state index in [2.05, 4.69) is 20.1 Å². The lowest BCUT2D eigenvalue weighted by Crippen LogP contribution is -2.44. The summed E-state index contributed by atoms with van der Waals surface area (Å²) in [5.41, 5.74) is 8.37. The minimum absolute atomic E-state index is 0.213. The zero-order chi connectivity index (χ0) is 13.4. The molecule has 7 heteroatoms. The van der Waals surface area contributed by atoms with Crippen LogP contribution >= 0.6 is 0 Å². The molecule has 0 aliphatic heterocycles. The van der Waals surface area contributed by atoms with Gasteiger partial charge in [-0.05, 0) is 24.8 Å². The molecule has 0 aliphatic rings. The molecule has 7 nitrogen and oxygen atoms in total. The number of nitrogens with one attached hydrogen (secondary N) is 1. The monoisotopic (exact) mass is 242 g/mol. The summed E-state index contributed by atoms with van der Waals surface area (Å²) < 4.78 is 4.48. The van der Waals surface area contributed by atoms with Gasteiger partial charge in [0.2, 0.25) is 5.91 Å². The predicted molar refractivity (Wildman–Crippen MR) is 62.0 cm³/mol. The van der Waals surface area contributed by atoms with E-state index < -0.39 is 24.0 Å². The lowest BCUT2D eigenvalue weighted by Gasteiger charge is -2.16. The third kappa shape index (κ3) is 5.77. The minimum Gasteiger partial charge on any atom is -0.467 e. The molecular formula is C10H18N4O3. The number of ether oxygens (including phenoxy) is 1. The zero-order valence-corrected chi connectivity index (χ0v) is 10.5. The highest BCUT2D eigenvalue weighted by atomic mass is 16.5. The highest BCUT2D eigenvalue weighted by molar-refractivity contribution is 5.87. The number of esters is 1. The van der Waals surface area contributed by atoms with Crippen LogP contribution in [-0.4, -0.2) is 31.1 Å². The predicted octanol–water partition coefficient (Wildman–Crippen LogP) is 1.39.